The molecule has 2 N–H and O–H groups in total. The largest absolute Gasteiger partial charge is 0.480 e. The van der Waals surface area contributed by atoms with E-state index in [1.807, 2.05) is 0 Å². The minimum atomic E-state index is -3.20. The number of nitrogens with zero attached hydrogens (tertiary/aromatic N) is 2. The van der Waals surface area contributed by atoms with Gasteiger partial charge in [0, 0.05) is 18.0 Å². The molecule has 0 aliphatic rings. The molecule has 0 saturated heterocycles. The van der Waals surface area contributed by atoms with Gasteiger partial charge in [-0.25, -0.2) is 9.78 Å². The molecule has 0 radical (unpaired) electrons. The van der Waals surface area contributed by atoms with Gasteiger partial charge in [-0.3, -0.25) is 9.36 Å². The molecule has 8 heteroatoms. The molecule has 1 unspecified atom stereocenters. The zero-order valence-corrected chi connectivity index (χ0v) is 12.9. The van der Waals surface area contributed by atoms with Crippen molar-refractivity contribution in [2.75, 3.05) is 11.9 Å². The normalized spacial score (nSPS) is 12.6. The van der Waals surface area contributed by atoms with E-state index < -0.39 is 30.0 Å². The number of rotatable bonds is 7. The van der Waals surface area contributed by atoms with E-state index in [0.717, 1.165) is 4.57 Å². The first-order valence-electron chi connectivity index (χ1n) is 7.34. The first-order chi connectivity index (χ1) is 11.4. The fourth-order valence-electron chi connectivity index (χ4n) is 2.26. The van der Waals surface area contributed by atoms with Crippen LogP contribution in [-0.2, 0) is 10.7 Å². The van der Waals surface area contributed by atoms with Crippen LogP contribution in [0.2, 0.25) is 0 Å². The number of carbonyl (C=O) groups is 1. The standard InChI is InChI=1S/C16H17F2N3O3/c1-2-12(15(23)24)21-9-8-19-13(14(21)22)20-10-16(17,18)11-6-4-3-5-7-11/h3-9,12H,2,10H2,1H3,(H,19,20)(H,23,24). The van der Waals surface area contributed by atoms with Crippen LogP contribution in [0.1, 0.15) is 24.9 Å². The van der Waals surface area contributed by atoms with Crippen LogP contribution in [-0.4, -0.2) is 27.2 Å². The third kappa shape index (κ3) is 3.76. The van der Waals surface area contributed by atoms with Crippen molar-refractivity contribution >= 4 is 11.8 Å². The molecule has 0 bridgehead atoms. The first kappa shape index (κ1) is 17.6. The van der Waals surface area contributed by atoms with Crippen LogP contribution in [0, 0.1) is 0 Å². The number of carboxylic acids is 1. The number of aliphatic carboxylic acids is 1. The van der Waals surface area contributed by atoms with Crippen LogP contribution < -0.4 is 10.9 Å². The summed E-state index contributed by atoms with van der Waals surface area (Å²) in [5.74, 6) is -4.69. The summed E-state index contributed by atoms with van der Waals surface area (Å²) in [5.41, 5.74) is -0.943. The van der Waals surface area contributed by atoms with Crippen molar-refractivity contribution in [2.24, 2.45) is 0 Å². The lowest BCUT2D eigenvalue weighted by molar-refractivity contribution is -0.141. The van der Waals surface area contributed by atoms with Crippen molar-refractivity contribution < 1.29 is 18.7 Å². The Kier molecular flexibility index (Phi) is 5.28. The lowest BCUT2D eigenvalue weighted by atomic mass is 10.1. The Morgan fingerprint density at radius 3 is 2.62 bits per heavy atom. The molecule has 24 heavy (non-hydrogen) atoms. The predicted octanol–water partition coefficient (Wildman–Crippen LogP) is 2.48. The molecule has 1 aromatic heterocycles. The Morgan fingerprint density at radius 2 is 2.04 bits per heavy atom. The third-order valence-electron chi connectivity index (χ3n) is 3.55. The highest BCUT2D eigenvalue weighted by Gasteiger charge is 2.31. The van der Waals surface area contributed by atoms with E-state index in [0.29, 0.717) is 0 Å². The Morgan fingerprint density at radius 1 is 1.38 bits per heavy atom. The summed E-state index contributed by atoms with van der Waals surface area (Å²) >= 11 is 0. The Bertz CT molecular complexity index is 763. The summed E-state index contributed by atoms with van der Waals surface area (Å²) in [7, 11) is 0. The Balaban J connectivity index is 2.22. The molecular weight excluding hydrogens is 320 g/mol. The van der Waals surface area contributed by atoms with E-state index in [-0.39, 0.29) is 17.8 Å². The number of carboxylic acid groups (broad SMARTS) is 1. The second-order valence-corrected chi connectivity index (χ2v) is 5.17. The Hall–Kier alpha value is -2.77. The fraction of sp³-hybridized carbons (Fsp3) is 0.312. The number of benzene rings is 1. The molecule has 2 rings (SSSR count). The first-order valence-corrected chi connectivity index (χ1v) is 7.34. The molecule has 0 saturated carbocycles. The van der Waals surface area contributed by atoms with Gasteiger partial charge in [-0.15, -0.1) is 0 Å². The zero-order valence-electron chi connectivity index (χ0n) is 12.9. The number of anilines is 1. The summed E-state index contributed by atoms with van der Waals surface area (Å²) in [5, 5.41) is 11.5. The van der Waals surface area contributed by atoms with Gasteiger partial charge >= 0.3 is 5.97 Å². The summed E-state index contributed by atoms with van der Waals surface area (Å²) in [6.07, 6.45) is 2.61. The highest BCUT2D eigenvalue weighted by atomic mass is 19.3. The zero-order chi connectivity index (χ0) is 17.7. The average Bonchev–Trinajstić information content (AvgIpc) is 2.56. The number of alkyl halides is 2. The SMILES string of the molecule is CCC(C(=O)O)n1ccnc(NCC(F)(F)c2ccccc2)c1=O. The van der Waals surface area contributed by atoms with Crippen LogP contribution >= 0.6 is 0 Å². The summed E-state index contributed by atoms with van der Waals surface area (Å²) in [6.45, 7) is 0.787. The van der Waals surface area contributed by atoms with E-state index in [2.05, 4.69) is 10.3 Å². The van der Waals surface area contributed by atoms with Gasteiger partial charge in [-0.05, 0) is 6.42 Å². The van der Waals surface area contributed by atoms with Crippen molar-refractivity contribution in [3.05, 3.63) is 58.6 Å². The molecule has 2 aromatic rings. The monoisotopic (exact) mass is 337 g/mol. The lowest BCUT2D eigenvalue weighted by Crippen LogP contribution is -2.33. The minimum Gasteiger partial charge on any atom is -0.480 e. The molecule has 0 aliphatic carbocycles. The highest BCUT2D eigenvalue weighted by molar-refractivity contribution is 5.71. The molecule has 128 valence electrons. The third-order valence-corrected chi connectivity index (χ3v) is 3.55. The second-order valence-electron chi connectivity index (χ2n) is 5.17. The van der Waals surface area contributed by atoms with Gasteiger partial charge in [0.05, 0.1) is 6.54 Å². The predicted molar refractivity (Wildman–Crippen MR) is 84.3 cm³/mol. The van der Waals surface area contributed by atoms with Gasteiger partial charge in [-0.2, -0.15) is 8.78 Å². The quantitative estimate of drug-likeness (QED) is 0.811. The average molecular weight is 337 g/mol. The topological polar surface area (TPSA) is 84.2 Å². The summed E-state index contributed by atoms with van der Waals surface area (Å²) in [6, 6.07) is 6.12. The lowest BCUT2D eigenvalue weighted by Gasteiger charge is -2.18. The Labute approximate surface area is 136 Å². The van der Waals surface area contributed by atoms with E-state index in [9.17, 15) is 18.4 Å². The fourth-order valence-corrected chi connectivity index (χ4v) is 2.26. The smallest absolute Gasteiger partial charge is 0.326 e. The molecule has 0 aliphatic heterocycles. The van der Waals surface area contributed by atoms with Crippen molar-refractivity contribution in [2.45, 2.75) is 25.3 Å². The van der Waals surface area contributed by atoms with Gasteiger partial charge in [0.15, 0.2) is 5.82 Å². The molecular formula is C16H17F2N3O3. The van der Waals surface area contributed by atoms with E-state index in [1.54, 1.807) is 13.0 Å². The molecule has 1 atom stereocenters. The van der Waals surface area contributed by atoms with E-state index >= 15 is 0 Å². The molecule has 0 spiro atoms. The van der Waals surface area contributed by atoms with Crippen LogP contribution in [0.25, 0.3) is 0 Å². The number of nitrogens with one attached hydrogen (secondary N) is 1. The second kappa shape index (κ2) is 7.20. The van der Waals surface area contributed by atoms with Gasteiger partial charge in [-0.1, -0.05) is 37.3 Å². The van der Waals surface area contributed by atoms with Gasteiger partial charge in [0.25, 0.3) is 11.5 Å². The van der Waals surface area contributed by atoms with Crippen molar-refractivity contribution in [3.63, 3.8) is 0 Å². The van der Waals surface area contributed by atoms with Crippen LogP contribution in [0.5, 0.6) is 0 Å². The molecule has 6 nitrogen and oxygen atoms in total. The maximum Gasteiger partial charge on any atom is 0.326 e. The van der Waals surface area contributed by atoms with E-state index in [4.69, 9.17) is 5.11 Å². The van der Waals surface area contributed by atoms with Crippen molar-refractivity contribution in [3.8, 4) is 0 Å². The molecule has 0 amide bonds. The number of halogens is 2. The summed E-state index contributed by atoms with van der Waals surface area (Å²) < 4.78 is 29.2. The molecule has 1 heterocycles. The van der Waals surface area contributed by atoms with Crippen molar-refractivity contribution in [1.29, 1.82) is 0 Å². The minimum absolute atomic E-state index is 0.179. The van der Waals surface area contributed by atoms with Crippen LogP contribution in [0.3, 0.4) is 0 Å². The highest BCUT2D eigenvalue weighted by Crippen LogP contribution is 2.27. The van der Waals surface area contributed by atoms with Gasteiger partial charge < -0.3 is 10.4 Å². The van der Waals surface area contributed by atoms with Crippen LogP contribution in [0.15, 0.2) is 47.5 Å². The number of hydrogen-bond acceptors (Lipinski definition) is 4. The summed E-state index contributed by atoms with van der Waals surface area (Å²) in [4.78, 5) is 27.2. The number of hydrogen-bond donors (Lipinski definition) is 2. The number of aromatic nitrogens is 2. The maximum atomic E-state index is 14.1. The van der Waals surface area contributed by atoms with Gasteiger partial charge in [0.1, 0.15) is 6.04 Å². The van der Waals surface area contributed by atoms with Crippen LogP contribution in [0.4, 0.5) is 14.6 Å². The maximum absolute atomic E-state index is 14.1. The molecule has 0 fully saturated rings. The molecule has 1 aromatic carbocycles. The van der Waals surface area contributed by atoms with E-state index in [1.165, 1.54) is 36.7 Å². The van der Waals surface area contributed by atoms with Gasteiger partial charge in [0.2, 0.25) is 0 Å². The van der Waals surface area contributed by atoms with Crippen molar-refractivity contribution in [1.82, 2.24) is 9.55 Å².